The van der Waals surface area contributed by atoms with Gasteiger partial charge in [-0.1, -0.05) is 16.8 Å². The highest BCUT2D eigenvalue weighted by molar-refractivity contribution is 6.34. The largest absolute Gasteiger partial charge is 0.465 e. The number of carbonyl (C=O) groups excluding carboxylic acids is 1. The summed E-state index contributed by atoms with van der Waals surface area (Å²) in [5, 5.41) is 11.0. The van der Waals surface area contributed by atoms with Gasteiger partial charge in [-0.2, -0.15) is 0 Å². The third kappa shape index (κ3) is 2.22. The topological polar surface area (TPSA) is 84.9 Å². The maximum Gasteiger partial charge on any atom is 0.339 e. The van der Waals surface area contributed by atoms with E-state index in [1.807, 2.05) is 0 Å². The lowest BCUT2D eigenvalue weighted by Gasteiger charge is -2.06. The Morgan fingerprint density at radius 3 is 2.69 bits per heavy atom. The monoisotopic (exact) mass is 246 g/mol. The van der Waals surface area contributed by atoms with Crippen molar-refractivity contribution in [1.29, 1.82) is 0 Å². The lowest BCUT2D eigenvalue weighted by atomic mass is 10.1. The third-order valence-corrected chi connectivity index (χ3v) is 2.16. The van der Waals surface area contributed by atoms with E-state index in [9.17, 15) is 9.18 Å². The van der Waals surface area contributed by atoms with Crippen molar-refractivity contribution in [3.63, 3.8) is 0 Å². The molecule has 0 unspecified atom stereocenters. The fraction of sp³-hybridized carbons (Fsp3) is 0.111. The summed E-state index contributed by atoms with van der Waals surface area (Å²) in [6, 6.07) is 1.94. The van der Waals surface area contributed by atoms with Gasteiger partial charge in [-0.05, 0) is 12.1 Å². The Hall–Kier alpha value is -1.82. The molecule has 0 aliphatic carbocycles. The minimum atomic E-state index is -0.833. The molecule has 1 rings (SSSR count). The Balaban J connectivity index is 3.33. The summed E-state index contributed by atoms with van der Waals surface area (Å²) in [5.74, 6) is -2.04. The molecule has 1 aromatic rings. The molecule has 0 radical (unpaired) electrons. The minimum absolute atomic E-state index is 0.0464. The van der Waals surface area contributed by atoms with Crippen LogP contribution in [0.1, 0.15) is 15.9 Å². The molecule has 3 N–H and O–H groups in total. The zero-order chi connectivity index (χ0) is 12.3. The first-order valence-corrected chi connectivity index (χ1v) is 4.44. The summed E-state index contributed by atoms with van der Waals surface area (Å²) in [4.78, 5) is 11.2. The van der Waals surface area contributed by atoms with E-state index >= 15 is 0 Å². The van der Waals surface area contributed by atoms with Crippen LogP contribution in [0.2, 0.25) is 5.02 Å². The van der Waals surface area contributed by atoms with Gasteiger partial charge in [-0.25, -0.2) is 9.18 Å². The molecule has 7 heteroatoms. The Bertz CT molecular complexity index is 462. The number of ether oxygens (including phenoxy) is 1. The number of oxime groups is 1. The molecule has 0 saturated heterocycles. The second-order valence-electron chi connectivity index (χ2n) is 2.79. The van der Waals surface area contributed by atoms with Crippen LogP contribution in [0.25, 0.3) is 0 Å². The fourth-order valence-electron chi connectivity index (χ4n) is 1.06. The predicted molar refractivity (Wildman–Crippen MR) is 55.3 cm³/mol. The number of carbonyl (C=O) groups is 1. The number of nitrogens with two attached hydrogens (primary N) is 1. The Morgan fingerprint density at radius 2 is 2.19 bits per heavy atom. The molecule has 0 heterocycles. The van der Waals surface area contributed by atoms with Gasteiger partial charge in [0.2, 0.25) is 0 Å². The maximum atomic E-state index is 13.4. The molecule has 0 saturated carbocycles. The summed E-state index contributed by atoms with van der Waals surface area (Å²) in [7, 11) is 1.15. The van der Waals surface area contributed by atoms with Crippen LogP contribution >= 0.6 is 11.6 Å². The van der Waals surface area contributed by atoms with Crippen molar-refractivity contribution in [3.05, 3.63) is 34.1 Å². The molecule has 0 fully saturated rings. The van der Waals surface area contributed by atoms with E-state index in [-0.39, 0.29) is 16.1 Å². The number of benzene rings is 1. The summed E-state index contributed by atoms with van der Waals surface area (Å²) in [5.41, 5.74) is 4.88. The molecular weight excluding hydrogens is 239 g/mol. The van der Waals surface area contributed by atoms with Gasteiger partial charge in [0, 0.05) is 0 Å². The van der Waals surface area contributed by atoms with E-state index in [4.69, 9.17) is 22.5 Å². The number of amidine groups is 1. The van der Waals surface area contributed by atoms with Gasteiger partial charge < -0.3 is 15.7 Å². The van der Waals surface area contributed by atoms with Gasteiger partial charge in [0.25, 0.3) is 0 Å². The third-order valence-electron chi connectivity index (χ3n) is 1.85. The highest BCUT2D eigenvalue weighted by atomic mass is 35.5. The van der Waals surface area contributed by atoms with Crippen molar-refractivity contribution >= 4 is 23.4 Å². The zero-order valence-electron chi connectivity index (χ0n) is 8.20. The zero-order valence-corrected chi connectivity index (χ0v) is 8.95. The quantitative estimate of drug-likeness (QED) is 0.271. The molecule has 0 amide bonds. The molecule has 1 aromatic carbocycles. The maximum absolute atomic E-state index is 13.4. The first-order chi connectivity index (χ1) is 7.51. The van der Waals surface area contributed by atoms with Crippen LogP contribution in [0.4, 0.5) is 4.39 Å². The van der Waals surface area contributed by atoms with Crippen molar-refractivity contribution in [2.45, 2.75) is 0 Å². The van der Waals surface area contributed by atoms with Gasteiger partial charge in [0.1, 0.15) is 5.82 Å². The van der Waals surface area contributed by atoms with E-state index in [0.717, 1.165) is 19.2 Å². The molecule has 5 nitrogen and oxygen atoms in total. The van der Waals surface area contributed by atoms with Crippen molar-refractivity contribution in [3.8, 4) is 0 Å². The second kappa shape index (κ2) is 4.80. The lowest BCUT2D eigenvalue weighted by molar-refractivity contribution is 0.0600. The van der Waals surface area contributed by atoms with Crippen molar-refractivity contribution < 1.29 is 19.1 Å². The number of rotatable bonds is 2. The SMILES string of the molecule is COC(=O)c1cc(F)c(/C(N)=N\O)cc1Cl. The van der Waals surface area contributed by atoms with E-state index in [0.29, 0.717) is 0 Å². The first-order valence-electron chi connectivity index (χ1n) is 4.06. The molecule has 0 aliphatic heterocycles. The standard InChI is InChI=1S/C9H8ClFN2O3/c1-16-9(14)4-3-7(11)5(2-6(4)10)8(12)13-15/h2-3,15H,1H3,(H2,12,13). The number of hydrogen-bond donors (Lipinski definition) is 2. The van der Waals surface area contributed by atoms with Crippen LogP contribution in [-0.4, -0.2) is 24.1 Å². The van der Waals surface area contributed by atoms with Crippen LogP contribution in [0.15, 0.2) is 17.3 Å². The molecule has 16 heavy (non-hydrogen) atoms. The lowest BCUT2D eigenvalue weighted by Crippen LogP contribution is -2.16. The molecule has 0 bridgehead atoms. The normalized spacial score (nSPS) is 11.3. The number of halogens is 2. The van der Waals surface area contributed by atoms with Crippen LogP contribution in [0, 0.1) is 5.82 Å². The van der Waals surface area contributed by atoms with E-state index in [1.54, 1.807) is 0 Å². The smallest absolute Gasteiger partial charge is 0.339 e. The summed E-state index contributed by atoms with van der Waals surface area (Å²) in [6.45, 7) is 0. The van der Waals surface area contributed by atoms with E-state index in [2.05, 4.69) is 9.89 Å². The number of methoxy groups -OCH3 is 1. The van der Waals surface area contributed by atoms with Crippen LogP contribution < -0.4 is 5.73 Å². The average molecular weight is 247 g/mol. The van der Waals surface area contributed by atoms with Crippen LogP contribution in [0.3, 0.4) is 0 Å². The Morgan fingerprint density at radius 1 is 1.56 bits per heavy atom. The van der Waals surface area contributed by atoms with Gasteiger partial charge in [-0.3, -0.25) is 0 Å². The highest BCUT2D eigenvalue weighted by Crippen LogP contribution is 2.21. The molecule has 0 atom stereocenters. The van der Waals surface area contributed by atoms with Gasteiger partial charge >= 0.3 is 5.97 Å². The van der Waals surface area contributed by atoms with Crippen LogP contribution in [-0.2, 0) is 4.74 Å². The fourth-order valence-corrected chi connectivity index (χ4v) is 1.30. The van der Waals surface area contributed by atoms with Gasteiger partial charge in [0.05, 0.1) is 23.3 Å². The molecule has 0 aromatic heterocycles. The first kappa shape index (κ1) is 12.3. The second-order valence-corrected chi connectivity index (χ2v) is 3.20. The highest BCUT2D eigenvalue weighted by Gasteiger charge is 2.16. The predicted octanol–water partition coefficient (Wildman–Crippen LogP) is 1.36. The molecule has 0 spiro atoms. The number of nitrogens with zero attached hydrogens (tertiary/aromatic N) is 1. The van der Waals surface area contributed by atoms with E-state index in [1.165, 1.54) is 0 Å². The minimum Gasteiger partial charge on any atom is -0.465 e. The molecular formula is C9H8ClFN2O3. The number of hydrogen-bond acceptors (Lipinski definition) is 4. The average Bonchev–Trinajstić information content (AvgIpc) is 2.29. The summed E-state index contributed by atoms with van der Waals surface area (Å²) in [6.07, 6.45) is 0. The van der Waals surface area contributed by atoms with Crippen LogP contribution in [0.5, 0.6) is 0 Å². The van der Waals surface area contributed by atoms with E-state index < -0.39 is 17.6 Å². The Kier molecular flexibility index (Phi) is 3.68. The van der Waals surface area contributed by atoms with Crippen molar-refractivity contribution in [2.75, 3.05) is 7.11 Å². The summed E-state index contributed by atoms with van der Waals surface area (Å²) >= 11 is 5.72. The molecule has 86 valence electrons. The van der Waals surface area contributed by atoms with Crippen molar-refractivity contribution in [2.24, 2.45) is 10.9 Å². The summed E-state index contributed by atoms with van der Waals surface area (Å²) < 4.78 is 17.8. The van der Waals surface area contributed by atoms with Gasteiger partial charge in [0.15, 0.2) is 5.84 Å². The number of esters is 1. The van der Waals surface area contributed by atoms with Crippen molar-refractivity contribution in [1.82, 2.24) is 0 Å². The molecule has 0 aliphatic rings. The van der Waals surface area contributed by atoms with Gasteiger partial charge in [-0.15, -0.1) is 0 Å². The Labute approximate surface area is 95.3 Å².